The van der Waals surface area contributed by atoms with Gasteiger partial charge in [-0.2, -0.15) is 5.10 Å². The highest BCUT2D eigenvalue weighted by Crippen LogP contribution is 2.27. The Kier molecular flexibility index (Phi) is 4.06. The van der Waals surface area contributed by atoms with Crippen molar-refractivity contribution < 1.29 is 14.4 Å². The lowest BCUT2D eigenvalue weighted by atomic mass is 9.93. The number of likely N-dealkylation sites (tertiary alicyclic amines) is 1. The van der Waals surface area contributed by atoms with Gasteiger partial charge in [0.2, 0.25) is 5.91 Å². The fraction of sp³-hybridized carbons (Fsp3) is 0.625. The van der Waals surface area contributed by atoms with Gasteiger partial charge in [-0.15, -0.1) is 0 Å². The summed E-state index contributed by atoms with van der Waals surface area (Å²) in [6.07, 6.45) is 3.66. The fourth-order valence-electron chi connectivity index (χ4n) is 3.41. The predicted molar refractivity (Wildman–Crippen MR) is 86.2 cm³/mol. The normalized spacial score (nSPS) is 23.5. The molecule has 2 saturated heterocycles. The smallest absolute Gasteiger partial charge is 0.325 e. The largest absolute Gasteiger partial charge is 0.340 e. The van der Waals surface area contributed by atoms with E-state index in [1.165, 1.54) is 0 Å². The average molecular weight is 333 g/mol. The Bertz CT molecular complexity index is 681. The van der Waals surface area contributed by atoms with Gasteiger partial charge >= 0.3 is 6.03 Å². The third-order valence-electron chi connectivity index (χ3n) is 4.79. The van der Waals surface area contributed by atoms with E-state index in [0.29, 0.717) is 13.1 Å². The maximum atomic E-state index is 12.6. The van der Waals surface area contributed by atoms with Crippen LogP contribution in [0.5, 0.6) is 0 Å². The number of aromatic amines is 1. The first-order valence-corrected chi connectivity index (χ1v) is 8.21. The number of imide groups is 1. The van der Waals surface area contributed by atoms with Crippen LogP contribution in [-0.4, -0.2) is 63.0 Å². The number of amides is 4. The third kappa shape index (κ3) is 2.88. The summed E-state index contributed by atoms with van der Waals surface area (Å²) < 4.78 is 0. The molecule has 4 amide bonds. The van der Waals surface area contributed by atoms with Crippen LogP contribution in [0.2, 0.25) is 0 Å². The van der Waals surface area contributed by atoms with Crippen LogP contribution in [0, 0.1) is 6.92 Å². The molecule has 3 rings (SSSR count). The molecule has 2 fully saturated rings. The monoisotopic (exact) mass is 333 g/mol. The topological polar surface area (TPSA) is 98.4 Å². The lowest BCUT2D eigenvalue weighted by molar-refractivity contribution is -0.139. The number of aryl methyl sites for hydroxylation is 1. The second kappa shape index (κ2) is 5.92. The Hall–Kier alpha value is -2.38. The van der Waals surface area contributed by atoms with E-state index in [2.05, 4.69) is 15.5 Å². The van der Waals surface area contributed by atoms with Crippen LogP contribution in [0.4, 0.5) is 4.79 Å². The van der Waals surface area contributed by atoms with Crippen LogP contribution in [0.25, 0.3) is 0 Å². The van der Waals surface area contributed by atoms with Crippen molar-refractivity contribution in [3.8, 4) is 0 Å². The number of hydrogen-bond donors (Lipinski definition) is 2. The number of carbonyl (C=O) groups excluding carboxylic acids is 3. The second-order valence-electron chi connectivity index (χ2n) is 7.09. The van der Waals surface area contributed by atoms with Crippen LogP contribution < -0.4 is 5.32 Å². The first kappa shape index (κ1) is 16.5. The molecule has 1 aromatic rings. The van der Waals surface area contributed by atoms with E-state index in [1.807, 2.05) is 6.92 Å². The van der Waals surface area contributed by atoms with E-state index >= 15 is 0 Å². The molecule has 0 aliphatic carbocycles. The zero-order valence-corrected chi connectivity index (χ0v) is 14.3. The van der Waals surface area contributed by atoms with Crippen molar-refractivity contribution in [2.75, 3.05) is 19.6 Å². The Balaban J connectivity index is 1.66. The van der Waals surface area contributed by atoms with Crippen LogP contribution in [0.15, 0.2) is 6.20 Å². The number of carbonyl (C=O) groups is 3. The fourth-order valence-corrected chi connectivity index (χ4v) is 3.41. The molecular formula is C16H23N5O3. The molecule has 2 aliphatic heterocycles. The zero-order valence-electron chi connectivity index (χ0n) is 14.3. The lowest BCUT2D eigenvalue weighted by Crippen LogP contribution is -2.47. The Morgan fingerprint density at radius 2 is 2.17 bits per heavy atom. The minimum atomic E-state index is -0.950. The number of hydrogen-bond acceptors (Lipinski definition) is 4. The lowest BCUT2D eigenvalue weighted by Gasteiger charge is -2.33. The van der Waals surface area contributed by atoms with Crippen LogP contribution in [-0.2, 0) is 9.59 Å². The van der Waals surface area contributed by atoms with Gasteiger partial charge in [-0.25, -0.2) is 4.79 Å². The van der Waals surface area contributed by atoms with Gasteiger partial charge in [0.1, 0.15) is 12.1 Å². The standard InChI is InChI=1S/C16H23N5O3/c1-10-7-17-19-13(10)11-5-4-6-20(8-11)12(22)9-21-14(23)16(2,3)18-15(21)24/h7,11H,4-6,8-9H2,1-3H3,(H,17,19)(H,18,24)/t11-/m1/s1. The van der Waals surface area contributed by atoms with E-state index in [4.69, 9.17) is 0 Å². The molecule has 0 aromatic carbocycles. The van der Waals surface area contributed by atoms with Gasteiger partial charge in [-0.1, -0.05) is 0 Å². The molecule has 130 valence electrons. The van der Waals surface area contributed by atoms with Crippen molar-refractivity contribution in [3.63, 3.8) is 0 Å². The van der Waals surface area contributed by atoms with Crippen molar-refractivity contribution >= 4 is 17.8 Å². The molecule has 8 nitrogen and oxygen atoms in total. The van der Waals surface area contributed by atoms with E-state index in [1.54, 1.807) is 24.9 Å². The highest BCUT2D eigenvalue weighted by Gasteiger charge is 2.45. The van der Waals surface area contributed by atoms with Gasteiger partial charge in [0.05, 0.1) is 6.20 Å². The van der Waals surface area contributed by atoms with Crippen molar-refractivity contribution in [1.82, 2.24) is 25.3 Å². The Morgan fingerprint density at radius 1 is 1.42 bits per heavy atom. The molecule has 0 radical (unpaired) electrons. The molecule has 1 atom stereocenters. The van der Waals surface area contributed by atoms with Gasteiger partial charge in [-0.3, -0.25) is 19.6 Å². The molecule has 8 heteroatoms. The average Bonchev–Trinajstić information content (AvgIpc) is 3.04. The number of urea groups is 1. The molecule has 1 aromatic heterocycles. The van der Waals surface area contributed by atoms with Gasteiger partial charge in [-0.05, 0) is 39.2 Å². The minimum absolute atomic E-state index is 0.196. The summed E-state index contributed by atoms with van der Waals surface area (Å²) in [5.41, 5.74) is 1.20. The van der Waals surface area contributed by atoms with Gasteiger partial charge in [0.15, 0.2) is 0 Å². The summed E-state index contributed by atoms with van der Waals surface area (Å²) in [5, 5.41) is 9.66. The van der Waals surface area contributed by atoms with Crippen LogP contribution in [0.1, 0.15) is 43.9 Å². The van der Waals surface area contributed by atoms with Crippen molar-refractivity contribution in [1.29, 1.82) is 0 Å². The number of nitrogens with zero attached hydrogens (tertiary/aromatic N) is 3. The maximum absolute atomic E-state index is 12.6. The number of piperidine rings is 1. The highest BCUT2D eigenvalue weighted by atomic mass is 16.2. The first-order chi connectivity index (χ1) is 11.3. The maximum Gasteiger partial charge on any atom is 0.325 e. The number of rotatable bonds is 3. The molecule has 2 N–H and O–H groups in total. The van der Waals surface area contributed by atoms with Crippen molar-refractivity contribution in [2.45, 2.75) is 45.1 Å². The van der Waals surface area contributed by atoms with Gasteiger partial charge < -0.3 is 10.2 Å². The van der Waals surface area contributed by atoms with Crippen molar-refractivity contribution in [3.05, 3.63) is 17.5 Å². The molecule has 0 spiro atoms. The molecule has 0 bridgehead atoms. The Labute approximate surface area is 140 Å². The summed E-state index contributed by atoms with van der Waals surface area (Å²) in [5.74, 6) is -0.346. The van der Waals surface area contributed by atoms with Gasteiger partial charge in [0.25, 0.3) is 5.91 Å². The summed E-state index contributed by atoms with van der Waals surface area (Å²) in [6.45, 7) is 6.29. The number of H-pyrrole nitrogens is 1. The molecule has 24 heavy (non-hydrogen) atoms. The quantitative estimate of drug-likeness (QED) is 0.798. The number of nitrogens with one attached hydrogen (secondary N) is 2. The molecular weight excluding hydrogens is 310 g/mol. The molecule has 0 unspecified atom stereocenters. The van der Waals surface area contributed by atoms with Crippen LogP contribution in [0.3, 0.4) is 0 Å². The predicted octanol–water partition coefficient (Wildman–Crippen LogP) is 0.755. The van der Waals surface area contributed by atoms with Crippen molar-refractivity contribution in [2.24, 2.45) is 0 Å². The zero-order chi connectivity index (χ0) is 17.5. The Morgan fingerprint density at radius 3 is 2.75 bits per heavy atom. The highest BCUT2D eigenvalue weighted by molar-refractivity contribution is 6.08. The van der Waals surface area contributed by atoms with Gasteiger partial charge in [0, 0.05) is 24.7 Å². The summed E-state index contributed by atoms with van der Waals surface area (Å²) in [7, 11) is 0. The second-order valence-corrected chi connectivity index (χ2v) is 7.09. The molecule has 0 saturated carbocycles. The van der Waals surface area contributed by atoms with Crippen LogP contribution >= 0.6 is 0 Å². The first-order valence-electron chi connectivity index (χ1n) is 8.21. The van der Waals surface area contributed by atoms with E-state index in [-0.39, 0.29) is 24.3 Å². The van der Waals surface area contributed by atoms with E-state index < -0.39 is 11.6 Å². The summed E-state index contributed by atoms with van der Waals surface area (Å²) >= 11 is 0. The van der Waals surface area contributed by atoms with E-state index in [0.717, 1.165) is 29.0 Å². The SMILES string of the molecule is Cc1cn[nH]c1[C@@H]1CCCN(C(=O)CN2C(=O)NC(C)(C)C2=O)C1. The summed E-state index contributed by atoms with van der Waals surface area (Å²) in [4.78, 5) is 39.5. The van der Waals surface area contributed by atoms with E-state index in [9.17, 15) is 14.4 Å². The molecule has 2 aliphatic rings. The summed E-state index contributed by atoms with van der Waals surface area (Å²) in [6, 6.07) is -0.503. The minimum Gasteiger partial charge on any atom is -0.340 e. The molecule has 3 heterocycles. The number of aromatic nitrogens is 2. The third-order valence-corrected chi connectivity index (χ3v) is 4.79.